The number of ketones is 1. The maximum absolute atomic E-state index is 11.9. The monoisotopic (exact) mass is 270 g/mol. The van der Waals surface area contributed by atoms with E-state index >= 15 is 0 Å². The van der Waals surface area contributed by atoms with Gasteiger partial charge >= 0.3 is 11.8 Å². The number of Topliss-reactive ketones (excluding diaryl/α,β-unsaturated/α-hetero) is 1. The first-order valence-electron chi connectivity index (χ1n) is 5.98. The summed E-state index contributed by atoms with van der Waals surface area (Å²) in [7, 11) is 0. The van der Waals surface area contributed by atoms with Gasteiger partial charge in [0.05, 0.1) is 5.41 Å². The molecular weight excluding hydrogens is 252 g/mol. The molecule has 0 aliphatic heterocycles. The summed E-state index contributed by atoms with van der Waals surface area (Å²) in [5.74, 6) is -0.756. The standard InChI is InChI=1S/C13H18O6/c1-8(14)5-6-13(3,4)11(15)17-7-10-9(2)18-12(16)19-10/h5-7H2,1-4H3. The van der Waals surface area contributed by atoms with Crippen LogP contribution in [0.3, 0.4) is 0 Å². The molecule has 6 nitrogen and oxygen atoms in total. The number of ether oxygens (including phenoxy) is 1. The van der Waals surface area contributed by atoms with Crippen LogP contribution in [0.5, 0.6) is 0 Å². The molecule has 1 rings (SSSR count). The lowest BCUT2D eigenvalue weighted by Gasteiger charge is -2.21. The summed E-state index contributed by atoms with van der Waals surface area (Å²) in [6.07, 6.45) is 0.734. The van der Waals surface area contributed by atoms with Gasteiger partial charge in [-0.15, -0.1) is 0 Å². The van der Waals surface area contributed by atoms with E-state index in [0.717, 1.165) is 0 Å². The number of rotatable bonds is 6. The van der Waals surface area contributed by atoms with Crippen molar-refractivity contribution in [2.75, 3.05) is 0 Å². The van der Waals surface area contributed by atoms with E-state index in [1.165, 1.54) is 6.92 Å². The predicted molar refractivity (Wildman–Crippen MR) is 65.5 cm³/mol. The van der Waals surface area contributed by atoms with Gasteiger partial charge in [-0.3, -0.25) is 4.79 Å². The highest BCUT2D eigenvalue weighted by molar-refractivity contribution is 5.79. The third kappa shape index (κ3) is 4.39. The Kier molecular flexibility index (Phi) is 4.69. The second-order valence-electron chi connectivity index (χ2n) is 5.10. The summed E-state index contributed by atoms with van der Waals surface area (Å²) in [4.78, 5) is 33.6. The third-order valence-corrected chi connectivity index (χ3v) is 2.82. The zero-order chi connectivity index (χ0) is 14.6. The van der Waals surface area contributed by atoms with Crippen LogP contribution in [0.2, 0.25) is 0 Å². The van der Waals surface area contributed by atoms with Crippen LogP contribution in [0.4, 0.5) is 0 Å². The van der Waals surface area contributed by atoms with Crippen LogP contribution in [-0.2, 0) is 20.9 Å². The normalized spacial score (nSPS) is 11.4. The third-order valence-electron chi connectivity index (χ3n) is 2.82. The summed E-state index contributed by atoms with van der Waals surface area (Å²) >= 11 is 0. The van der Waals surface area contributed by atoms with Crippen LogP contribution in [0, 0.1) is 12.3 Å². The lowest BCUT2D eigenvalue weighted by atomic mass is 9.87. The van der Waals surface area contributed by atoms with Gasteiger partial charge in [0.15, 0.2) is 18.1 Å². The number of esters is 1. The summed E-state index contributed by atoms with van der Waals surface area (Å²) in [6.45, 7) is 6.28. The summed E-state index contributed by atoms with van der Waals surface area (Å²) in [5, 5.41) is 0. The minimum atomic E-state index is -0.820. The quantitative estimate of drug-likeness (QED) is 0.734. The topological polar surface area (TPSA) is 86.7 Å². The van der Waals surface area contributed by atoms with E-state index in [4.69, 9.17) is 9.15 Å². The van der Waals surface area contributed by atoms with E-state index in [0.29, 0.717) is 18.6 Å². The van der Waals surface area contributed by atoms with Gasteiger partial charge in [-0.25, -0.2) is 4.79 Å². The second-order valence-corrected chi connectivity index (χ2v) is 5.10. The van der Waals surface area contributed by atoms with Crippen LogP contribution in [-0.4, -0.2) is 11.8 Å². The molecule has 0 bridgehead atoms. The van der Waals surface area contributed by atoms with Crippen molar-refractivity contribution < 1.29 is 23.2 Å². The molecule has 6 heteroatoms. The Balaban J connectivity index is 2.57. The lowest BCUT2D eigenvalue weighted by Crippen LogP contribution is -2.27. The highest BCUT2D eigenvalue weighted by atomic mass is 16.6. The Morgan fingerprint density at radius 2 is 1.89 bits per heavy atom. The van der Waals surface area contributed by atoms with Crippen molar-refractivity contribution >= 4 is 11.8 Å². The maximum atomic E-state index is 11.9. The average Bonchev–Trinajstić information content (AvgIpc) is 2.62. The number of hydrogen-bond acceptors (Lipinski definition) is 6. The minimum Gasteiger partial charge on any atom is -0.457 e. The van der Waals surface area contributed by atoms with Gasteiger partial charge in [0.1, 0.15) is 5.78 Å². The van der Waals surface area contributed by atoms with Crippen LogP contribution in [0.1, 0.15) is 45.1 Å². The molecule has 1 aromatic rings. The number of carbonyl (C=O) groups is 2. The van der Waals surface area contributed by atoms with Gasteiger partial charge in [0, 0.05) is 6.42 Å². The molecule has 0 unspecified atom stereocenters. The van der Waals surface area contributed by atoms with Crippen LogP contribution >= 0.6 is 0 Å². The maximum Gasteiger partial charge on any atom is 0.519 e. The highest BCUT2D eigenvalue weighted by Crippen LogP contribution is 2.25. The largest absolute Gasteiger partial charge is 0.519 e. The molecule has 0 aliphatic carbocycles. The Bertz CT molecular complexity index is 519. The van der Waals surface area contributed by atoms with Crippen molar-refractivity contribution in [3.63, 3.8) is 0 Å². The fourth-order valence-electron chi connectivity index (χ4n) is 1.42. The van der Waals surface area contributed by atoms with Crippen molar-refractivity contribution in [3.05, 3.63) is 22.1 Å². The average molecular weight is 270 g/mol. The molecule has 0 amide bonds. The van der Waals surface area contributed by atoms with Crippen LogP contribution in [0.25, 0.3) is 0 Å². The van der Waals surface area contributed by atoms with E-state index in [2.05, 4.69) is 4.42 Å². The highest BCUT2D eigenvalue weighted by Gasteiger charge is 2.30. The van der Waals surface area contributed by atoms with E-state index in [1.807, 2.05) is 0 Å². The molecule has 19 heavy (non-hydrogen) atoms. The predicted octanol–water partition coefficient (Wildman–Crippen LogP) is 1.98. The smallest absolute Gasteiger partial charge is 0.457 e. The SMILES string of the molecule is CC(=O)CCC(C)(C)C(=O)OCc1oc(=O)oc1C. The van der Waals surface area contributed by atoms with Crippen molar-refractivity contribution in [1.29, 1.82) is 0 Å². The van der Waals surface area contributed by atoms with Gasteiger partial charge in [-0.05, 0) is 34.1 Å². The zero-order valence-electron chi connectivity index (χ0n) is 11.6. The molecule has 0 saturated heterocycles. The van der Waals surface area contributed by atoms with Crippen LogP contribution < -0.4 is 5.82 Å². The molecule has 0 fully saturated rings. The molecular formula is C13H18O6. The molecule has 0 atom stereocenters. The number of hydrogen-bond donors (Lipinski definition) is 0. The molecule has 0 radical (unpaired) electrons. The van der Waals surface area contributed by atoms with Gasteiger partial charge in [0.25, 0.3) is 0 Å². The first-order valence-corrected chi connectivity index (χ1v) is 5.98. The van der Waals surface area contributed by atoms with Gasteiger partial charge in [-0.1, -0.05) is 0 Å². The molecule has 1 aromatic heterocycles. The molecule has 0 spiro atoms. The fourth-order valence-corrected chi connectivity index (χ4v) is 1.42. The molecule has 106 valence electrons. The molecule has 0 aromatic carbocycles. The molecule has 1 heterocycles. The van der Waals surface area contributed by atoms with Crippen molar-refractivity contribution in [2.45, 2.75) is 47.1 Å². The minimum absolute atomic E-state index is 0.0255. The Morgan fingerprint density at radius 1 is 1.26 bits per heavy atom. The van der Waals surface area contributed by atoms with Gasteiger partial charge < -0.3 is 18.4 Å². The first kappa shape index (κ1) is 15.2. The van der Waals surface area contributed by atoms with E-state index in [1.54, 1.807) is 20.8 Å². The van der Waals surface area contributed by atoms with Gasteiger partial charge in [-0.2, -0.15) is 0 Å². The summed E-state index contributed by atoms with van der Waals surface area (Å²) in [6, 6.07) is 0. The van der Waals surface area contributed by atoms with Crippen molar-refractivity contribution in [3.8, 4) is 0 Å². The van der Waals surface area contributed by atoms with E-state index in [9.17, 15) is 14.4 Å². The van der Waals surface area contributed by atoms with E-state index < -0.39 is 17.2 Å². The summed E-state index contributed by atoms with van der Waals surface area (Å²) in [5.41, 5.74) is -0.760. The number of carbonyl (C=O) groups excluding carboxylic acids is 2. The Labute approximate surface area is 110 Å². The van der Waals surface area contributed by atoms with Crippen molar-refractivity contribution in [2.24, 2.45) is 5.41 Å². The fraction of sp³-hybridized carbons (Fsp3) is 0.615. The van der Waals surface area contributed by atoms with Crippen LogP contribution in [0.15, 0.2) is 13.6 Å². The van der Waals surface area contributed by atoms with Crippen molar-refractivity contribution in [1.82, 2.24) is 0 Å². The van der Waals surface area contributed by atoms with E-state index in [-0.39, 0.29) is 18.2 Å². The van der Waals surface area contributed by atoms with Gasteiger partial charge in [0.2, 0.25) is 0 Å². The zero-order valence-corrected chi connectivity index (χ0v) is 11.6. The first-order chi connectivity index (χ1) is 8.72. The Hall–Kier alpha value is -1.85. The number of aryl methyl sites for hydroxylation is 1. The molecule has 0 saturated carbocycles. The summed E-state index contributed by atoms with van der Waals surface area (Å²) < 4.78 is 14.5. The second kappa shape index (κ2) is 5.86. The lowest BCUT2D eigenvalue weighted by molar-refractivity contribution is -0.156. The molecule has 0 N–H and O–H groups in total. The Morgan fingerprint density at radius 3 is 2.37 bits per heavy atom. The molecule has 0 aliphatic rings.